The van der Waals surface area contributed by atoms with Crippen LogP contribution < -0.4 is 5.32 Å². The van der Waals surface area contributed by atoms with E-state index >= 15 is 0 Å². The molecule has 0 saturated carbocycles. The molecule has 4 rings (SSSR count). The highest BCUT2D eigenvalue weighted by Crippen LogP contribution is 2.20. The fourth-order valence-electron chi connectivity index (χ4n) is 3.10. The third-order valence-electron chi connectivity index (χ3n) is 4.37. The second-order valence-electron chi connectivity index (χ2n) is 6.09. The summed E-state index contributed by atoms with van der Waals surface area (Å²) in [6.07, 6.45) is 3.51. The van der Waals surface area contributed by atoms with E-state index in [1.807, 2.05) is 72.4 Å². The van der Waals surface area contributed by atoms with Gasteiger partial charge in [0.15, 0.2) is 0 Å². The summed E-state index contributed by atoms with van der Waals surface area (Å²) in [5.74, 6) is -0.0992. The molecule has 4 aromatic rings. The van der Waals surface area contributed by atoms with Crippen LogP contribution in [0.2, 0.25) is 0 Å². The highest BCUT2D eigenvalue weighted by molar-refractivity contribution is 6.06. The molecular formula is C21H18N4O. The van der Waals surface area contributed by atoms with E-state index in [1.54, 1.807) is 12.4 Å². The fraction of sp³-hybridized carbons (Fsp3) is 0.0952. The first-order valence-corrected chi connectivity index (χ1v) is 8.41. The molecule has 0 aliphatic rings. The normalized spacial score (nSPS) is 10.8. The minimum Gasteiger partial charge on any atom is -0.346 e. The summed E-state index contributed by atoms with van der Waals surface area (Å²) in [5.41, 5.74) is 3.52. The Balaban J connectivity index is 1.53. The first kappa shape index (κ1) is 16.0. The zero-order chi connectivity index (χ0) is 17.9. The second kappa shape index (κ2) is 6.80. The van der Waals surface area contributed by atoms with Gasteiger partial charge in [-0.05, 0) is 35.0 Å². The molecule has 1 amide bonds. The van der Waals surface area contributed by atoms with Gasteiger partial charge in [0.1, 0.15) is 0 Å². The van der Waals surface area contributed by atoms with Gasteiger partial charge in [-0.15, -0.1) is 0 Å². The van der Waals surface area contributed by atoms with Crippen molar-refractivity contribution in [3.8, 4) is 11.3 Å². The number of hydrogen-bond acceptors (Lipinski definition) is 3. The number of rotatable bonds is 4. The SMILES string of the molecule is Cn1nc(CNC(=O)c2cccc3ccccc23)cc1-c1ccncc1. The predicted molar refractivity (Wildman–Crippen MR) is 102 cm³/mol. The number of nitrogens with one attached hydrogen (secondary N) is 1. The molecule has 0 atom stereocenters. The van der Waals surface area contributed by atoms with Crippen LogP contribution in [0.25, 0.3) is 22.0 Å². The first-order valence-electron chi connectivity index (χ1n) is 8.41. The maximum absolute atomic E-state index is 12.6. The predicted octanol–water partition coefficient (Wildman–Crippen LogP) is 3.57. The quantitative estimate of drug-likeness (QED) is 0.617. The second-order valence-corrected chi connectivity index (χ2v) is 6.09. The molecule has 5 heteroatoms. The Morgan fingerprint density at radius 2 is 1.81 bits per heavy atom. The largest absolute Gasteiger partial charge is 0.346 e. The van der Waals surface area contributed by atoms with Gasteiger partial charge in [-0.2, -0.15) is 5.10 Å². The molecule has 0 fully saturated rings. The Morgan fingerprint density at radius 1 is 1.04 bits per heavy atom. The number of aromatic nitrogens is 3. The number of carbonyl (C=O) groups excluding carboxylic acids is 1. The molecule has 5 nitrogen and oxygen atoms in total. The Kier molecular flexibility index (Phi) is 4.19. The third-order valence-corrected chi connectivity index (χ3v) is 4.37. The molecule has 2 heterocycles. The average Bonchev–Trinajstić information content (AvgIpc) is 3.07. The smallest absolute Gasteiger partial charge is 0.252 e. The molecule has 0 aliphatic heterocycles. The zero-order valence-corrected chi connectivity index (χ0v) is 14.4. The molecule has 0 spiro atoms. The summed E-state index contributed by atoms with van der Waals surface area (Å²) in [4.78, 5) is 16.7. The van der Waals surface area contributed by atoms with Gasteiger partial charge in [0.2, 0.25) is 0 Å². The average molecular weight is 342 g/mol. The molecule has 2 aromatic carbocycles. The van der Waals surface area contributed by atoms with Crippen LogP contribution in [0.15, 0.2) is 73.1 Å². The number of hydrogen-bond donors (Lipinski definition) is 1. The van der Waals surface area contributed by atoms with E-state index in [-0.39, 0.29) is 5.91 Å². The number of pyridine rings is 1. The fourth-order valence-corrected chi connectivity index (χ4v) is 3.10. The molecule has 26 heavy (non-hydrogen) atoms. The Hall–Kier alpha value is -3.47. The van der Waals surface area contributed by atoms with Crippen LogP contribution in [0.3, 0.4) is 0 Å². The number of nitrogens with zero attached hydrogens (tertiary/aromatic N) is 3. The van der Waals surface area contributed by atoms with Gasteiger partial charge in [0.05, 0.1) is 17.9 Å². The van der Waals surface area contributed by atoms with Crippen LogP contribution in [0.4, 0.5) is 0 Å². The molecule has 2 aromatic heterocycles. The van der Waals surface area contributed by atoms with Crippen LogP contribution >= 0.6 is 0 Å². The molecule has 1 N–H and O–H groups in total. The topological polar surface area (TPSA) is 59.8 Å². The molecule has 0 bridgehead atoms. The summed E-state index contributed by atoms with van der Waals surface area (Å²) in [5, 5.41) is 9.47. The zero-order valence-electron chi connectivity index (χ0n) is 14.4. The van der Waals surface area contributed by atoms with Crippen LogP contribution in [0.5, 0.6) is 0 Å². The van der Waals surface area contributed by atoms with Crippen LogP contribution in [-0.2, 0) is 13.6 Å². The maximum atomic E-state index is 12.6. The van der Waals surface area contributed by atoms with Gasteiger partial charge >= 0.3 is 0 Å². The lowest BCUT2D eigenvalue weighted by Crippen LogP contribution is -2.23. The van der Waals surface area contributed by atoms with Crippen molar-refractivity contribution in [1.29, 1.82) is 0 Å². The Bertz CT molecular complexity index is 1060. The van der Waals surface area contributed by atoms with Crippen molar-refractivity contribution in [3.05, 3.63) is 84.3 Å². The van der Waals surface area contributed by atoms with Gasteiger partial charge in [0.25, 0.3) is 5.91 Å². The summed E-state index contributed by atoms with van der Waals surface area (Å²) in [6, 6.07) is 19.5. The van der Waals surface area contributed by atoms with E-state index in [0.29, 0.717) is 12.1 Å². The van der Waals surface area contributed by atoms with E-state index in [2.05, 4.69) is 15.4 Å². The van der Waals surface area contributed by atoms with Crippen molar-refractivity contribution in [1.82, 2.24) is 20.1 Å². The molecule has 128 valence electrons. The van der Waals surface area contributed by atoms with Gasteiger partial charge in [-0.3, -0.25) is 14.5 Å². The minimum absolute atomic E-state index is 0.0992. The van der Waals surface area contributed by atoms with E-state index in [0.717, 1.165) is 27.7 Å². The Morgan fingerprint density at radius 3 is 2.65 bits per heavy atom. The van der Waals surface area contributed by atoms with Crippen LogP contribution in [-0.4, -0.2) is 20.7 Å². The van der Waals surface area contributed by atoms with Crippen molar-refractivity contribution < 1.29 is 4.79 Å². The molecule has 0 saturated heterocycles. The third kappa shape index (κ3) is 3.07. The number of benzene rings is 2. The van der Waals surface area contributed by atoms with Crippen molar-refractivity contribution in [2.24, 2.45) is 7.05 Å². The minimum atomic E-state index is -0.0992. The van der Waals surface area contributed by atoms with Crippen molar-refractivity contribution in [2.75, 3.05) is 0 Å². The lowest BCUT2D eigenvalue weighted by molar-refractivity contribution is 0.0952. The summed E-state index contributed by atoms with van der Waals surface area (Å²) < 4.78 is 1.81. The number of aryl methyl sites for hydroxylation is 1. The van der Waals surface area contributed by atoms with E-state index < -0.39 is 0 Å². The van der Waals surface area contributed by atoms with Gasteiger partial charge in [-0.25, -0.2) is 0 Å². The highest BCUT2D eigenvalue weighted by Gasteiger charge is 2.12. The van der Waals surface area contributed by atoms with Gasteiger partial charge in [0, 0.05) is 30.6 Å². The summed E-state index contributed by atoms with van der Waals surface area (Å²) in [6.45, 7) is 0.376. The van der Waals surface area contributed by atoms with E-state index in [4.69, 9.17) is 0 Å². The molecule has 0 aliphatic carbocycles. The summed E-state index contributed by atoms with van der Waals surface area (Å²) >= 11 is 0. The lowest BCUT2D eigenvalue weighted by Gasteiger charge is -2.07. The lowest BCUT2D eigenvalue weighted by atomic mass is 10.0. The first-order chi connectivity index (χ1) is 12.7. The molecule has 0 unspecified atom stereocenters. The number of carbonyl (C=O) groups is 1. The van der Waals surface area contributed by atoms with Crippen molar-refractivity contribution in [2.45, 2.75) is 6.54 Å². The monoisotopic (exact) mass is 342 g/mol. The van der Waals surface area contributed by atoms with Gasteiger partial charge < -0.3 is 5.32 Å². The molecule has 0 radical (unpaired) electrons. The maximum Gasteiger partial charge on any atom is 0.252 e. The standard InChI is InChI=1S/C21H18N4O/c1-25-20(16-9-11-22-12-10-16)13-17(24-25)14-23-21(26)19-8-4-6-15-5-2-3-7-18(15)19/h2-13H,14H2,1H3,(H,23,26). The Labute approximate surface area is 151 Å². The number of amides is 1. The molecular weight excluding hydrogens is 324 g/mol. The van der Waals surface area contributed by atoms with Gasteiger partial charge in [-0.1, -0.05) is 36.4 Å². The highest BCUT2D eigenvalue weighted by atomic mass is 16.1. The van der Waals surface area contributed by atoms with Crippen molar-refractivity contribution in [3.63, 3.8) is 0 Å². The van der Waals surface area contributed by atoms with Crippen molar-refractivity contribution >= 4 is 16.7 Å². The number of fused-ring (bicyclic) bond motifs is 1. The van der Waals surface area contributed by atoms with E-state index in [9.17, 15) is 4.79 Å². The van der Waals surface area contributed by atoms with Crippen LogP contribution in [0, 0.1) is 0 Å². The van der Waals surface area contributed by atoms with Crippen LogP contribution in [0.1, 0.15) is 16.1 Å². The summed E-state index contributed by atoms with van der Waals surface area (Å²) in [7, 11) is 1.89. The van der Waals surface area contributed by atoms with E-state index in [1.165, 1.54) is 0 Å².